The standard InChI is InChI=1S/C16H19F3N2O3/c1-10(22)20-14(11-4-2-3-5-11)15(23)21-12-6-8-13(9-7-12)24-16(17,18)19/h6-9,11,14H,2-5H2,1H3,(H,20,22)(H,21,23)/t14-/m1/s1. The lowest BCUT2D eigenvalue weighted by molar-refractivity contribution is -0.274. The van der Waals surface area contributed by atoms with E-state index >= 15 is 0 Å². The number of nitrogens with one attached hydrogen (secondary N) is 2. The smallest absolute Gasteiger partial charge is 0.406 e. The highest BCUT2D eigenvalue weighted by Gasteiger charge is 2.32. The lowest BCUT2D eigenvalue weighted by Crippen LogP contribution is -2.47. The molecule has 2 N–H and O–H groups in total. The summed E-state index contributed by atoms with van der Waals surface area (Å²) < 4.78 is 40.1. The van der Waals surface area contributed by atoms with Crippen LogP contribution < -0.4 is 15.4 Å². The second-order valence-electron chi connectivity index (χ2n) is 5.78. The van der Waals surface area contributed by atoms with Gasteiger partial charge < -0.3 is 15.4 Å². The Hall–Kier alpha value is -2.25. The SMILES string of the molecule is CC(=O)N[C@@H](C(=O)Nc1ccc(OC(F)(F)F)cc1)C1CCCC1. The van der Waals surface area contributed by atoms with Crippen molar-refractivity contribution in [2.45, 2.75) is 45.0 Å². The molecule has 24 heavy (non-hydrogen) atoms. The monoisotopic (exact) mass is 344 g/mol. The van der Waals surface area contributed by atoms with Crippen LogP contribution in [0, 0.1) is 5.92 Å². The van der Waals surface area contributed by atoms with E-state index in [1.807, 2.05) is 0 Å². The summed E-state index contributed by atoms with van der Waals surface area (Å²) >= 11 is 0. The first kappa shape index (κ1) is 18.1. The molecule has 0 unspecified atom stereocenters. The molecule has 0 saturated heterocycles. The Bertz CT molecular complexity index is 581. The fourth-order valence-electron chi connectivity index (χ4n) is 2.87. The molecule has 1 fully saturated rings. The second kappa shape index (κ2) is 7.55. The average molecular weight is 344 g/mol. The summed E-state index contributed by atoms with van der Waals surface area (Å²) in [6.45, 7) is 1.35. The van der Waals surface area contributed by atoms with Crippen LogP contribution in [0.5, 0.6) is 5.75 Å². The fraction of sp³-hybridized carbons (Fsp3) is 0.500. The number of halogens is 3. The van der Waals surface area contributed by atoms with Crippen LogP contribution in [-0.2, 0) is 9.59 Å². The van der Waals surface area contributed by atoms with E-state index in [0.717, 1.165) is 37.8 Å². The van der Waals surface area contributed by atoms with Gasteiger partial charge in [-0.2, -0.15) is 0 Å². The molecule has 1 aromatic rings. The maximum absolute atomic E-state index is 12.4. The van der Waals surface area contributed by atoms with E-state index in [9.17, 15) is 22.8 Å². The molecule has 0 radical (unpaired) electrons. The molecule has 8 heteroatoms. The molecular formula is C16H19F3N2O3. The summed E-state index contributed by atoms with van der Waals surface area (Å²) in [5.74, 6) is -0.964. The Morgan fingerprint density at radius 3 is 2.25 bits per heavy atom. The molecule has 1 aliphatic rings. The van der Waals surface area contributed by atoms with Crippen molar-refractivity contribution in [1.29, 1.82) is 0 Å². The minimum absolute atomic E-state index is 0.0711. The third-order valence-corrected chi connectivity index (χ3v) is 3.87. The number of carbonyl (C=O) groups is 2. The van der Waals surface area contributed by atoms with Crippen molar-refractivity contribution in [1.82, 2.24) is 5.32 Å². The van der Waals surface area contributed by atoms with Gasteiger partial charge in [0.2, 0.25) is 11.8 Å². The summed E-state index contributed by atoms with van der Waals surface area (Å²) in [5, 5.41) is 5.28. The Morgan fingerprint density at radius 1 is 1.17 bits per heavy atom. The summed E-state index contributed by atoms with van der Waals surface area (Å²) in [6.07, 6.45) is -1.02. The number of anilines is 1. The Balaban J connectivity index is 2.01. The topological polar surface area (TPSA) is 67.4 Å². The molecule has 1 aromatic carbocycles. The van der Waals surface area contributed by atoms with Crippen LogP contribution in [0.4, 0.5) is 18.9 Å². The molecular weight excluding hydrogens is 325 g/mol. The summed E-state index contributed by atoms with van der Waals surface area (Å²) in [7, 11) is 0. The first-order chi connectivity index (χ1) is 11.2. The van der Waals surface area contributed by atoms with Crippen LogP contribution in [0.2, 0.25) is 0 Å². The van der Waals surface area contributed by atoms with Gasteiger partial charge in [-0.3, -0.25) is 9.59 Å². The van der Waals surface area contributed by atoms with Gasteiger partial charge in [0.15, 0.2) is 0 Å². The number of rotatable bonds is 5. The van der Waals surface area contributed by atoms with Crippen molar-refractivity contribution in [2.75, 3.05) is 5.32 Å². The fourth-order valence-corrected chi connectivity index (χ4v) is 2.87. The zero-order chi connectivity index (χ0) is 17.7. The maximum Gasteiger partial charge on any atom is 0.573 e. The first-order valence-electron chi connectivity index (χ1n) is 7.68. The average Bonchev–Trinajstić information content (AvgIpc) is 2.99. The number of ether oxygens (including phenoxy) is 1. The molecule has 0 aromatic heterocycles. The maximum atomic E-state index is 12.4. The predicted molar refractivity (Wildman–Crippen MR) is 81.3 cm³/mol. The molecule has 1 aliphatic carbocycles. The third-order valence-electron chi connectivity index (χ3n) is 3.87. The quantitative estimate of drug-likeness (QED) is 0.862. The van der Waals surface area contributed by atoms with Crippen molar-refractivity contribution in [3.63, 3.8) is 0 Å². The molecule has 1 atom stereocenters. The minimum Gasteiger partial charge on any atom is -0.406 e. The van der Waals surface area contributed by atoms with E-state index in [1.165, 1.54) is 19.1 Å². The van der Waals surface area contributed by atoms with Crippen LogP contribution in [0.3, 0.4) is 0 Å². The second-order valence-corrected chi connectivity index (χ2v) is 5.78. The third kappa shape index (κ3) is 5.43. The number of carbonyl (C=O) groups excluding carboxylic acids is 2. The number of hydrogen-bond donors (Lipinski definition) is 2. The van der Waals surface area contributed by atoms with Gasteiger partial charge in [0, 0.05) is 12.6 Å². The first-order valence-corrected chi connectivity index (χ1v) is 7.68. The number of hydrogen-bond acceptors (Lipinski definition) is 3. The molecule has 2 amide bonds. The highest BCUT2D eigenvalue weighted by molar-refractivity contribution is 5.97. The summed E-state index contributed by atoms with van der Waals surface area (Å²) in [5.41, 5.74) is 0.336. The van der Waals surface area contributed by atoms with Crippen LogP contribution in [0.1, 0.15) is 32.6 Å². The molecule has 5 nitrogen and oxygen atoms in total. The van der Waals surface area contributed by atoms with Crippen molar-refractivity contribution in [2.24, 2.45) is 5.92 Å². The van der Waals surface area contributed by atoms with Gasteiger partial charge in [-0.1, -0.05) is 12.8 Å². The van der Waals surface area contributed by atoms with Gasteiger partial charge in [-0.05, 0) is 43.0 Å². The largest absolute Gasteiger partial charge is 0.573 e. The van der Waals surface area contributed by atoms with Gasteiger partial charge in [0.1, 0.15) is 11.8 Å². The van der Waals surface area contributed by atoms with E-state index in [-0.39, 0.29) is 23.5 Å². The van der Waals surface area contributed by atoms with Crippen molar-refractivity contribution < 1.29 is 27.5 Å². The van der Waals surface area contributed by atoms with Crippen molar-refractivity contribution >= 4 is 17.5 Å². The van der Waals surface area contributed by atoms with Crippen molar-refractivity contribution in [3.05, 3.63) is 24.3 Å². The molecule has 0 bridgehead atoms. The van der Waals surface area contributed by atoms with Gasteiger partial charge in [-0.15, -0.1) is 13.2 Å². The van der Waals surface area contributed by atoms with Crippen molar-refractivity contribution in [3.8, 4) is 5.75 Å². The van der Waals surface area contributed by atoms with Crippen LogP contribution in [0.25, 0.3) is 0 Å². The van der Waals surface area contributed by atoms with Gasteiger partial charge in [0.25, 0.3) is 0 Å². The summed E-state index contributed by atoms with van der Waals surface area (Å²) in [6, 6.07) is 4.23. The Labute approximate surface area is 137 Å². The van der Waals surface area contributed by atoms with Crippen LogP contribution >= 0.6 is 0 Å². The minimum atomic E-state index is -4.76. The van der Waals surface area contributed by atoms with Crippen LogP contribution in [-0.4, -0.2) is 24.2 Å². The molecule has 0 aliphatic heterocycles. The lowest BCUT2D eigenvalue weighted by Gasteiger charge is -2.23. The van der Waals surface area contributed by atoms with E-state index in [4.69, 9.17) is 0 Å². The zero-order valence-corrected chi connectivity index (χ0v) is 13.2. The Morgan fingerprint density at radius 2 is 1.75 bits per heavy atom. The Kier molecular flexibility index (Phi) is 5.69. The highest BCUT2D eigenvalue weighted by Crippen LogP contribution is 2.29. The molecule has 0 spiro atoms. The molecule has 2 rings (SSSR count). The summed E-state index contributed by atoms with van der Waals surface area (Å²) in [4.78, 5) is 23.7. The number of amides is 2. The predicted octanol–water partition coefficient (Wildman–Crippen LogP) is 3.22. The highest BCUT2D eigenvalue weighted by atomic mass is 19.4. The number of alkyl halides is 3. The van der Waals surface area contributed by atoms with Gasteiger partial charge in [0.05, 0.1) is 0 Å². The van der Waals surface area contributed by atoms with E-state index in [0.29, 0.717) is 5.69 Å². The molecule has 0 heterocycles. The zero-order valence-electron chi connectivity index (χ0n) is 13.2. The van der Waals surface area contributed by atoms with E-state index in [1.54, 1.807) is 0 Å². The molecule has 132 valence electrons. The van der Waals surface area contributed by atoms with Gasteiger partial charge in [-0.25, -0.2) is 0 Å². The molecule has 1 saturated carbocycles. The number of benzene rings is 1. The normalized spacial score (nSPS) is 16.5. The van der Waals surface area contributed by atoms with Crippen LogP contribution in [0.15, 0.2) is 24.3 Å². The lowest BCUT2D eigenvalue weighted by atomic mass is 9.97. The van der Waals surface area contributed by atoms with E-state index in [2.05, 4.69) is 15.4 Å². The van der Waals surface area contributed by atoms with Gasteiger partial charge >= 0.3 is 6.36 Å². The van der Waals surface area contributed by atoms with E-state index < -0.39 is 12.4 Å².